The van der Waals surface area contributed by atoms with Crippen LogP contribution in [0.5, 0.6) is 11.5 Å². The van der Waals surface area contributed by atoms with Gasteiger partial charge in [-0.25, -0.2) is 0 Å². The molecule has 0 aliphatic carbocycles. The standard InChI is InChI=1S/C15H21NO2S/c1-17-15-8-11(7-12-3-2-6-16-12)4-5-14(15)18-13-9-19-10-13/h4-5,8,12-13,16H,2-3,6-7,9-10H2,1H3. The molecule has 3 rings (SSSR count). The number of benzene rings is 1. The van der Waals surface area contributed by atoms with Gasteiger partial charge in [-0.3, -0.25) is 0 Å². The van der Waals surface area contributed by atoms with E-state index in [-0.39, 0.29) is 0 Å². The van der Waals surface area contributed by atoms with E-state index < -0.39 is 0 Å². The quantitative estimate of drug-likeness (QED) is 0.897. The molecule has 1 aromatic rings. The van der Waals surface area contributed by atoms with E-state index in [2.05, 4.69) is 23.5 Å². The first-order chi connectivity index (χ1) is 9.35. The summed E-state index contributed by atoms with van der Waals surface area (Å²) in [6, 6.07) is 6.98. The molecule has 104 valence electrons. The predicted octanol–water partition coefficient (Wildman–Crippen LogP) is 2.48. The van der Waals surface area contributed by atoms with Gasteiger partial charge in [0.15, 0.2) is 11.5 Å². The molecule has 2 aliphatic rings. The Morgan fingerprint density at radius 1 is 1.32 bits per heavy atom. The van der Waals surface area contributed by atoms with Crippen LogP contribution in [0.3, 0.4) is 0 Å². The molecule has 3 nitrogen and oxygen atoms in total. The fourth-order valence-electron chi connectivity index (χ4n) is 2.61. The van der Waals surface area contributed by atoms with E-state index in [1.54, 1.807) is 7.11 Å². The number of nitrogens with one attached hydrogen (secondary N) is 1. The first-order valence-corrected chi connectivity index (χ1v) is 8.15. The lowest BCUT2D eigenvalue weighted by Gasteiger charge is -2.26. The van der Waals surface area contributed by atoms with Crippen molar-refractivity contribution in [3.05, 3.63) is 23.8 Å². The minimum atomic E-state index is 0.362. The average Bonchev–Trinajstić information content (AvgIpc) is 2.87. The Balaban J connectivity index is 1.68. The summed E-state index contributed by atoms with van der Waals surface area (Å²) in [7, 11) is 1.72. The topological polar surface area (TPSA) is 30.5 Å². The Bertz CT molecular complexity index is 428. The van der Waals surface area contributed by atoms with E-state index in [1.165, 1.54) is 18.4 Å². The summed E-state index contributed by atoms with van der Waals surface area (Å²) < 4.78 is 11.4. The average molecular weight is 279 g/mol. The highest BCUT2D eigenvalue weighted by atomic mass is 32.2. The summed E-state index contributed by atoms with van der Waals surface area (Å²) in [5.74, 6) is 3.94. The van der Waals surface area contributed by atoms with Gasteiger partial charge < -0.3 is 14.8 Å². The van der Waals surface area contributed by atoms with Gasteiger partial charge in [0.1, 0.15) is 6.10 Å². The molecule has 4 heteroatoms. The Morgan fingerprint density at radius 2 is 2.21 bits per heavy atom. The lowest BCUT2D eigenvalue weighted by molar-refractivity contribution is 0.228. The van der Waals surface area contributed by atoms with Crippen LogP contribution in [0.25, 0.3) is 0 Å². The van der Waals surface area contributed by atoms with Gasteiger partial charge in [0.25, 0.3) is 0 Å². The predicted molar refractivity (Wildman–Crippen MR) is 79.5 cm³/mol. The molecule has 0 bridgehead atoms. The van der Waals surface area contributed by atoms with Gasteiger partial charge in [-0.15, -0.1) is 0 Å². The van der Waals surface area contributed by atoms with Gasteiger partial charge in [0.2, 0.25) is 0 Å². The van der Waals surface area contributed by atoms with Crippen LogP contribution in [-0.4, -0.2) is 37.3 Å². The number of hydrogen-bond donors (Lipinski definition) is 1. The molecule has 1 N–H and O–H groups in total. The van der Waals surface area contributed by atoms with Crippen molar-refractivity contribution in [3.63, 3.8) is 0 Å². The normalized spacial score (nSPS) is 23.1. The third-order valence-corrected chi connectivity index (χ3v) is 4.99. The summed E-state index contributed by atoms with van der Waals surface area (Å²) in [4.78, 5) is 0. The highest BCUT2D eigenvalue weighted by Crippen LogP contribution is 2.32. The maximum absolute atomic E-state index is 5.94. The summed E-state index contributed by atoms with van der Waals surface area (Å²) >= 11 is 1.93. The van der Waals surface area contributed by atoms with E-state index in [0.717, 1.165) is 36.0 Å². The van der Waals surface area contributed by atoms with Gasteiger partial charge in [0.05, 0.1) is 7.11 Å². The van der Waals surface area contributed by atoms with E-state index in [0.29, 0.717) is 12.1 Å². The van der Waals surface area contributed by atoms with Crippen LogP contribution in [0.4, 0.5) is 0 Å². The largest absolute Gasteiger partial charge is 0.493 e. The van der Waals surface area contributed by atoms with Crippen LogP contribution in [0.2, 0.25) is 0 Å². The first-order valence-electron chi connectivity index (χ1n) is 7.00. The van der Waals surface area contributed by atoms with Crippen molar-refractivity contribution in [2.24, 2.45) is 0 Å². The maximum Gasteiger partial charge on any atom is 0.161 e. The van der Waals surface area contributed by atoms with Gasteiger partial charge in [-0.2, -0.15) is 11.8 Å². The van der Waals surface area contributed by atoms with Crippen molar-refractivity contribution in [2.45, 2.75) is 31.4 Å². The monoisotopic (exact) mass is 279 g/mol. The second-order valence-corrected chi connectivity index (χ2v) is 6.33. The summed E-state index contributed by atoms with van der Waals surface area (Å²) in [6.45, 7) is 1.16. The minimum Gasteiger partial charge on any atom is -0.493 e. The smallest absolute Gasteiger partial charge is 0.161 e. The van der Waals surface area contributed by atoms with E-state index in [4.69, 9.17) is 9.47 Å². The Kier molecular flexibility index (Phi) is 4.18. The van der Waals surface area contributed by atoms with Crippen LogP contribution in [0, 0.1) is 0 Å². The van der Waals surface area contributed by atoms with Gasteiger partial charge >= 0.3 is 0 Å². The third kappa shape index (κ3) is 3.18. The molecule has 0 amide bonds. The van der Waals surface area contributed by atoms with Crippen LogP contribution in [0.15, 0.2) is 18.2 Å². The van der Waals surface area contributed by atoms with E-state index in [1.807, 2.05) is 11.8 Å². The first kappa shape index (κ1) is 13.1. The fourth-order valence-corrected chi connectivity index (χ4v) is 3.18. The van der Waals surface area contributed by atoms with E-state index in [9.17, 15) is 0 Å². The van der Waals surface area contributed by atoms with Gasteiger partial charge in [-0.05, 0) is 43.5 Å². The molecule has 1 unspecified atom stereocenters. The van der Waals surface area contributed by atoms with Crippen LogP contribution < -0.4 is 14.8 Å². The van der Waals surface area contributed by atoms with Crippen molar-refractivity contribution in [1.82, 2.24) is 5.32 Å². The molecule has 2 fully saturated rings. The molecule has 1 aromatic carbocycles. The summed E-state index contributed by atoms with van der Waals surface area (Å²) in [5, 5.41) is 3.53. The Morgan fingerprint density at radius 3 is 2.84 bits per heavy atom. The molecule has 0 spiro atoms. The summed E-state index contributed by atoms with van der Waals surface area (Å²) in [6.07, 6.45) is 4.01. The highest BCUT2D eigenvalue weighted by Gasteiger charge is 2.22. The van der Waals surface area contributed by atoms with E-state index >= 15 is 0 Å². The van der Waals surface area contributed by atoms with Crippen molar-refractivity contribution in [1.29, 1.82) is 0 Å². The third-order valence-electron chi connectivity index (χ3n) is 3.77. The van der Waals surface area contributed by atoms with Crippen molar-refractivity contribution >= 4 is 11.8 Å². The van der Waals surface area contributed by atoms with Crippen LogP contribution in [0.1, 0.15) is 18.4 Å². The van der Waals surface area contributed by atoms with Crippen LogP contribution in [-0.2, 0) is 6.42 Å². The zero-order valence-electron chi connectivity index (χ0n) is 11.4. The molecule has 0 saturated carbocycles. The molecule has 2 saturated heterocycles. The van der Waals surface area contributed by atoms with Gasteiger partial charge in [-0.1, -0.05) is 6.07 Å². The Hall–Kier alpha value is -0.870. The molecule has 0 aromatic heterocycles. The maximum atomic E-state index is 5.94. The van der Waals surface area contributed by atoms with Crippen LogP contribution >= 0.6 is 11.8 Å². The number of ether oxygens (including phenoxy) is 2. The zero-order chi connectivity index (χ0) is 13.1. The molecule has 1 atom stereocenters. The molecule has 0 radical (unpaired) electrons. The number of rotatable bonds is 5. The molecule has 19 heavy (non-hydrogen) atoms. The molecule has 2 aliphatic heterocycles. The molecular weight excluding hydrogens is 258 g/mol. The highest BCUT2D eigenvalue weighted by molar-refractivity contribution is 8.00. The van der Waals surface area contributed by atoms with Gasteiger partial charge in [0, 0.05) is 17.5 Å². The zero-order valence-corrected chi connectivity index (χ0v) is 12.2. The second kappa shape index (κ2) is 6.06. The number of thioether (sulfide) groups is 1. The fraction of sp³-hybridized carbons (Fsp3) is 0.600. The lowest BCUT2D eigenvalue weighted by Crippen LogP contribution is -2.31. The second-order valence-electron chi connectivity index (χ2n) is 5.26. The minimum absolute atomic E-state index is 0.362. The molecule has 2 heterocycles. The summed E-state index contributed by atoms with van der Waals surface area (Å²) in [5.41, 5.74) is 1.33. The Labute approximate surface area is 119 Å². The SMILES string of the molecule is COc1cc(CC2CCCN2)ccc1OC1CSC1. The molecular formula is C15H21NO2S. The van der Waals surface area contributed by atoms with Crippen molar-refractivity contribution < 1.29 is 9.47 Å². The lowest BCUT2D eigenvalue weighted by atomic mass is 10.0. The van der Waals surface area contributed by atoms with Crippen molar-refractivity contribution in [2.75, 3.05) is 25.2 Å². The number of methoxy groups -OCH3 is 1. The van der Waals surface area contributed by atoms with Crippen molar-refractivity contribution in [3.8, 4) is 11.5 Å². The number of hydrogen-bond acceptors (Lipinski definition) is 4.